The molecule has 2 aliphatic carbocycles. The van der Waals surface area contributed by atoms with Crippen LogP contribution < -0.4 is 0 Å². The van der Waals surface area contributed by atoms with Crippen LogP contribution in [0.5, 0.6) is 5.75 Å². The number of rotatable bonds is 8. The van der Waals surface area contributed by atoms with Gasteiger partial charge in [0.1, 0.15) is 5.75 Å². The highest BCUT2D eigenvalue weighted by Gasteiger charge is 2.58. The number of hydrogen-bond acceptors (Lipinski definition) is 6. The number of benzene rings is 1. The van der Waals surface area contributed by atoms with E-state index in [1.165, 1.54) is 5.57 Å². The Morgan fingerprint density at radius 1 is 1.07 bits per heavy atom. The molecular formula is C32H44BNO6. The first-order valence-corrected chi connectivity index (χ1v) is 15.3. The number of carbonyl (C=O) groups excluding carboxylic acids is 2. The first-order valence-electron chi connectivity index (χ1n) is 15.3. The Morgan fingerprint density at radius 2 is 1.77 bits per heavy atom. The third-order valence-corrected chi connectivity index (χ3v) is 9.66. The lowest BCUT2D eigenvalue weighted by Crippen LogP contribution is -2.47. The summed E-state index contributed by atoms with van der Waals surface area (Å²) < 4.78 is 6.09. The van der Waals surface area contributed by atoms with E-state index in [4.69, 9.17) is 4.65 Å². The molecule has 8 heteroatoms. The Labute approximate surface area is 238 Å². The van der Waals surface area contributed by atoms with Crippen LogP contribution in [0.4, 0.5) is 0 Å². The van der Waals surface area contributed by atoms with Crippen LogP contribution in [0, 0.1) is 31.6 Å². The molecule has 4 atom stereocenters. The summed E-state index contributed by atoms with van der Waals surface area (Å²) in [7, 11) is -1.01. The van der Waals surface area contributed by atoms with Crippen molar-refractivity contribution in [1.82, 2.24) is 4.90 Å². The van der Waals surface area contributed by atoms with Crippen LogP contribution in [0.1, 0.15) is 87.8 Å². The monoisotopic (exact) mass is 549 g/mol. The van der Waals surface area contributed by atoms with E-state index in [1.807, 2.05) is 26.0 Å². The van der Waals surface area contributed by atoms with E-state index in [0.29, 0.717) is 18.6 Å². The van der Waals surface area contributed by atoms with Gasteiger partial charge in [-0.25, -0.2) is 0 Å². The number of hydrogen-bond donors (Lipinski definition) is 3. The Bertz CT molecular complexity index is 1180. The molecule has 0 aromatic heterocycles. The van der Waals surface area contributed by atoms with Gasteiger partial charge in [-0.05, 0) is 105 Å². The van der Waals surface area contributed by atoms with Gasteiger partial charge in [0.2, 0.25) is 11.8 Å². The van der Waals surface area contributed by atoms with Crippen LogP contribution in [-0.4, -0.2) is 57.8 Å². The molecule has 2 aliphatic heterocycles. The average Bonchev–Trinajstić information content (AvgIpc) is 3.19. The fourth-order valence-corrected chi connectivity index (χ4v) is 7.85. The van der Waals surface area contributed by atoms with Crippen molar-refractivity contribution in [1.29, 1.82) is 0 Å². The Kier molecular flexibility index (Phi) is 8.88. The molecule has 0 radical (unpaired) electrons. The second-order valence-electron chi connectivity index (χ2n) is 12.4. The van der Waals surface area contributed by atoms with E-state index in [-0.39, 0.29) is 36.7 Å². The quantitative estimate of drug-likeness (QED) is 0.237. The molecule has 0 spiro atoms. The summed E-state index contributed by atoms with van der Waals surface area (Å²) >= 11 is 0. The Morgan fingerprint density at radius 3 is 2.42 bits per heavy atom. The van der Waals surface area contributed by atoms with E-state index >= 15 is 0 Å². The molecule has 4 aliphatic rings. The molecule has 3 fully saturated rings. The third-order valence-electron chi connectivity index (χ3n) is 9.66. The molecule has 1 aromatic carbocycles. The number of phenols is 1. The topological polar surface area (TPSA) is 107 Å². The summed E-state index contributed by atoms with van der Waals surface area (Å²) in [6.45, 7) is 5.78. The molecule has 2 heterocycles. The van der Waals surface area contributed by atoms with E-state index in [0.717, 1.165) is 79.2 Å². The van der Waals surface area contributed by atoms with Gasteiger partial charge in [-0.3, -0.25) is 14.5 Å². The van der Waals surface area contributed by atoms with Crippen molar-refractivity contribution < 1.29 is 29.5 Å². The Hall–Kier alpha value is -2.42. The highest BCUT2D eigenvalue weighted by atomic mass is 16.5. The SMILES string of the molecule is CCC/C(=C\c1cc(C)c(O)c(C)c1)CC[C@H]1OB(O)C[C@H]2C1=C(CO)C[C@H]1C(=O)N(C3CCCCC3)C(=O)[C@H]12. The summed E-state index contributed by atoms with van der Waals surface area (Å²) in [5, 5.41) is 31.4. The highest BCUT2D eigenvalue weighted by molar-refractivity contribution is 6.43. The second kappa shape index (κ2) is 12.2. The van der Waals surface area contributed by atoms with Crippen molar-refractivity contribution >= 4 is 25.0 Å². The number of allylic oxidation sites excluding steroid dienone is 1. The van der Waals surface area contributed by atoms with Gasteiger partial charge in [0.05, 0.1) is 24.5 Å². The van der Waals surface area contributed by atoms with Crippen LogP contribution >= 0.6 is 0 Å². The minimum Gasteiger partial charge on any atom is -0.507 e. The van der Waals surface area contributed by atoms with E-state index in [9.17, 15) is 24.8 Å². The lowest BCUT2D eigenvalue weighted by Gasteiger charge is -2.43. The summed E-state index contributed by atoms with van der Waals surface area (Å²) in [5.74, 6) is -1.07. The Balaban J connectivity index is 1.40. The first kappa shape index (κ1) is 29.1. The highest BCUT2D eigenvalue weighted by Crippen LogP contribution is 2.51. The average molecular weight is 550 g/mol. The van der Waals surface area contributed by atoms with Gasteiger partial charge in [0.15, 0.2) is 0 Å². The summed E-state index contributed by atoms with van der Waals surface area (Å²) in [6, 6.07) is 3.96. The van der Waals surface area contributed by atoms with Gasteiger partial charge in [0, 0.05) is 6.04 Å². The third kappa shape index (κ3) is 5.55. The number of nitrogens with zero attached hydrogens (tertiary/aromatic N) is 1. The fraction of sp³-hybridized carbons (Fsp3) is 0.625. The zero-order chi connectivity index (χ0) is 28.6. The predicted molar refractivity (Wildman–Crippen MR) is 155 cm³/mol. The van der Waals surface area contributed by atoms with Crippen molar-refractivity contribution in [2.45, 2.75) is 103 Å². The lowest BCUT2D eigenvalue weighted by molar-refractivity contribution is -0.143. The summed E-state index contributed by atoms with van der Waals surface area (Å²) in [6.07, 6.45) is 10.7. The van der Waals surface area contributed by atoms with Crippen LogP contribution in [0.3, 0.4) is 0 Å². The molecule has 3 N–H and O–H groups in total. The zero-order valence-corrected chi connectivity index (χ0v) is 24.2. The summed E-state index contributed by atoms with van der Waals surface area (Å²) in [4.78, 5) is 28.9. The van der Waals surface area contributed by atoms with Gasteiger partial charge < -0.3 is 19.9 Å². The molecule has 5 rings (SSSR count). The minimum atomic E-state index is -1.01. The molecule has 2 saturated heterocycles. The standard InChI is InChI=1S/C32H44BNO6/c1-4-8-21(15-22-13-19(2)30(36)20(3)14-22)11-12-27-28-23(18-35)16-25-29(26(28)17-33(39)40-27)32(38)34(31(25)37)24-9-6-5-7-10-24/h13-15,24-27,29,35-36,39H,4-12,16-18H2,1-3H3/b21-15+/t25-,26+,27-,29-/m1/s1. The largest absolute Gasteiger partial charge is 0.507 e. The maximum atomic E-state index is 13.8. The van der Waals surface area contributed by atoms with E-state index in [1.54, 1.807) is 4.90 Å². The predicted octanol–water partition coefficient (Wildman–Crippen LogP) is 5.09. The van der Waals surface area contributed by atoms with Crippen LogP contribution in [-0.2, 0) is 14.2 Å². The smallest absolute Gasteiger partial charge is 0.455 e. The fourth-order valence-electron chi connectivity index (χ4n) is 7.85. The number of aliphatic hydroxyl groups is 1. The molecule has 0 unspecified atom stereocenters. The number of imide groups is 1. The number of aliphatic hydroxyl groups excluding tert-OH is 1. The van der Waals surface area contributed by atoms with Crippen LogP contribution in [0.25, 0.3) is 6.08 Å². The molecule has 1 saturated carbocycles. The van der Waals surface area contributed by atoms with Gasteiger partial charge in [-0.1, -0.05) is 44.3 Å². The molecule has 2 amide bonds. The normalized spacial score (nSPS) is 27.9. The van der Waals surface area contributed by atoms with Crippen molar-refractivity contribution in [3.63, 3.8) is 0 Å². The molecule has 1 aromatic rings. The summed E-state index contributed by atoms with van der Waals surface area (Å²) in [5.41, 5.74) is 5.73. The molecule has 7 nitrogen and oxygen atoms in total. The van der Waals surface area contributed by atoms with Crippen LogP contribution in [0.2, 0.25) is 6.32 Å². The molecule has 0 bridgehead atoms. The van der Waals surface area contributed by atoms with Crippen molar-refractivity contribution in [3.05, 3.63) is 45.5 Å². The number of carbonyl (C=O) groups is 2. The number of aromatic hydroxyl groups is 1. The number of fused-ring (bicyclic) bond motifs is 3. The van der Waals surface area contributed by atoms with Crippen molar-refractivity contribution in [2.75, 3.05) is 6.61 Å². The van der Waals surface area contributed by atoms with Crippen molar-refractivity contribution in [2.24, 2.45) is 17.8 Å². The molecule has 216 valence electrons. The molecular weight excluding hydrogens is 505 g/mol. The maximum absolute atomic E-state index is 13.8. The maximum Gasteiger partial charge on any atom is 0.455 e. The van der Waals surface area contributed by atoms with Crippen molar-refractivity contribution in [3.8, 4) is 5.75 Å². The van der Waals surface area contributed by atoms with Gasteiger partial charge in [-0.15, -0.1) is 0 Å². The van der Waals surface area contributed by atoms with Gasteiger partial charge >= 0.3 is 7.12 Å². The number of likely N-dealkylation sites (tertiary alicyclic amines) is 1. The zero-order valence-electron chi connectivity index (χ0n) is 24.2. The lowest BCUT2D eigenvalue weighted by atomic mass is 9.58. The second-order valence-corrected chi connectivity index (χ2v) is 12.4. The number of aryl methyl sites for hydroxylation is 2. The number of amides is 2. The van der Waals surface area contributed by atoms with Gasteiger partial charge in [0.25, 0.3) is 0 Å². The van der Waals surface area contributed by atoms with E-state index < -0.39 is 25.1 Å². The minimum absolute atomic E-state index is 0.0187. The van der Waals surface area contributed by atoms with Gasteiger partial charge in [-0.2, -0.15) is 0 Å². The van der Waals surface area contributed by atoms with E-state index in [2.05, 4.69) is 13.0 Å². The molecule has 40 heavy (non-hydrogen) atoms. The first-order chi connectivity index (χ1) is 19.2. The number of phenolic OH excluding ortho intramolecular Hbond substituents is 1. The van der Waals surface area contributed by atoms with Crippen LogP contribution in [0.15, 0.2) is 28.9 Å².